The second-order valence-electron chi connectivity index (χ2n) is 14.4. The second kappa shape index (κ2) is 13.0. The summed E-state index contributed by atoms with van der Waals surface area (Å²) in [7, 11) is 3.02. The summed E-state index contributed by atoms with van der Waals surface area (Å²) in [4.78, 5) is 47.2. The van der Waals surface area contributed by atoms with Crippen molar-refractivity contribution in [3.63, 3.8) is 0 Å². The van der Waals surface area contributed by atoms with Gasteiger partial charge in [0.2, 0.25) is 0 Å². The molecule has 258 valence electrons. The molecule has 2 aliphatic rings. The predicted octanol–water partition coefficient (Wildman–Crippen LogP) is 5.60. The molecule has 13 nitrogen and oxygen atoms in total. The summed E-state index contributed by atoms with van der Waals surface area (Å²) in [5, 5.41) is 5.17. The highest BCUT2D eigenvalue weighted by Gasteiger charge is 2.42. The number of aromatic nitrogens is 4. The van der Waals surface area contributed by atoms with Crippen LogP contribution in [0.5, 0.6) is 0 Å². The van der Waals surface area contributed by atoms with Crippen molar-refractivity contribution >= 4 is 46.5 Å². The molecule has 3 heterocycles. The number of likely N-dealkylation sites (tertiary alicyclic amines) is 1. The number of primary amides is 1. The number of methoxy groups -OCH3 is 1. The fraction of sp³-hybridized carbons (Fsp3) is 0.559. The van der Waals surface area contributed by atoms with Crippen molar-refractivity contribution < 1.29 is 28.6 Å². The van der Waals surface area contributed by atoms with Gasteiger partial charge in [0.05, 0.1) is 34.7 Å². The standard InChI is InChI=1S/C34H44ClN7O6/c1-19-37-26-14-20(24(35)16-27(26)41(19)21-11-12-21)10-13-25-28(29(36)43)30(39(8)31(44)47-33(2,3)4)42(38-25)22-15-23(18-46-9)40(17-22)32(45)48-34(5,6)7/h14,16,21-23H,11-12,15,17-18H2,1-9H3,(H2,36,43)/t22-,23+/m0/s1. The Hall–Kier alpha value is -4.28. The summed E-state index contributed by atoms with van der Waals surface area (Å²) in [5.74, 6) is 6.20. The molecule has 1 saturated carbocycles. The van der Waals surface area contributed by atoms with E-state index in [1.807, 2.05) is 19.1 Å². The molecule has 0 bridgehead atoms. The second-order valence-corrected chi connectivity index (χ2v) is 14.8. The number of nitrogens with zero attached hydrogens (tertiary/aromatic N) is 6. The minimum absolute atomic E-state index is 0.0442. The van der Waals surface area contributed by atoms with Crippen molar-refractivity contribution in [1.29, 1.82) is 0 Å². The molecule has 3 amide bonds. The third kappa shape index (κ3) is 7.39. The first-order valence-corrected chi connectivity index (χ1v) is 16.3. The number of aryl methyl sites for hydroxylation is 1. The molecule has 1 aromatic carbocycles. The smallest absolute Gasteiger partial charge is 0.415 e. The molecule has 2 fully saturated rings. The first-order chi connectivity index (χ1) is 22.4. The Morgan fingerprint density at radius 3 is 2.31 bits per heavy atom. The van der Waals surface area contributed by atoms with Gasteiger partial charge in [-0.15, -0.1) is 0 Å². The number of carbonyl (C=O) groups is 3. The van der Waals surface area contributed by atoms with Crippen molar-refractivity contribution in [2.45, 2.75) is 97.1 Å². The fourth-order valence-electron chi connectivity index (χ4n) is 5.95. The third-order valence-corrected chi connectivity index (χ3v) is 8.34. The van der Waals surface area contributed by atoms with Gasteiger partial charge in [-0.1, -0.05) is 17.5 Å². The lowest BCUT2D eigenvalue weighted by molar-refractivity contribution is 0.0145. The van der Waals surface area contributed by atoms with Crippen LogP contribution in [0.3, 0.4) is 0 Å². The zero-order valence-corrected chi connectivity index (χ0v) is 29.8. The number of amides is 3. The molecule has 0 spiro atoms. The average Bonchev–Trinajstić information content (AvgIpc) is 3.44. The number of rotatable bonds is 6. The van der Waals surface area contributed by atoms with Crippen LogP contribution in [-0.4, -0.2) is 86.9 Å². The summed E-state index contributed by atoms with van der Waals surface area (Å²) in [6.45, 7) is 13.0. The number of imidazole rings is 1. The topological polar surface area (TPSA) is 147 Å². The lowest BCUT2D eigenvalue weighted by Crippen LogP contribution is -2.41. The van der Waals surface area contributed by atoms with Gasteiger partial charge in [0.1, 0.15) is 22.6 Å². The molecule has 48 heavy (non-hydrogen) atoms. The molecule has 3 aromatic rings. The molecule has 2 N–H and O–H groups in total. The van der Waals surface area contributed by atoms with Gasteiger partial charge < -0.3 is 29.4 Å². The monoisotopic (exact) mass is 681 g/mol. The highest BCUT2D eigenvalue weighted by molar-refractivity contribution is 6.32. The van der Waals surface area contributed by atoms with Gasteiger partial charge in [0.15, 0.2) is 11.5 Å². The summed E-state index contributed by atoms with van der Waals surface area (Å²) in [6.07, 6.45) is 1.36. The van der Waals surface area contributed by atoms with Crippen LogP contribution in [0, 0.1) is 18.8 Å². The molecular weight excluding hydrogens is 638 g/mol. The van der Waals surface area contributed by atoms with E-state index in [2.05, 4.69) is 16.4 Å². The van der Waals surface area contributed by atoms with E-state index in [0.29, 0.717) is 23.0 Å². The van der Waals surface area contributed by atoms with Crippen LogP contribution in [0.2, 0.25) is 5.02 Å². The summed E-state index contributed by atoms with van der Waals surface area (Å²) < 4.78 is 20.5. The molecule has 2 aromatic heterocycles. The number of halogens is 1. The van der Waals surface area contributed by atoms with Crippen LogP contribution in [0.4, 0.5) is 15.4 Å². The predicted molar refractivity (Wildman–Crippen MR) is 181 cm³/mol. The van der Waals surface area contributed by atoms with Crippen LogP contribution in [0.15, 0.2) is 12.1 Å². The SMILES string of the molecule is COC[C@H]1C[C@H](n2nc(C#Cc3cc4nc(C)n(C5CC5)c4cc3Cl)c(C(N)=O)c2N(C)C(=O)OC(C)(C)C)CN1C(=O)OC(C)(C)C. The molecular formula is C34H44ClN7O6. The number of anilines is 1. The summed E-state index contributed by atoms with van der Waals surface area (Å²) >= 11 is 6.72. The Kier molecular flexibility index (Phi) is 9.47. The van der Waals surface area contributed by atoms with E-state index in [9.17, 15) is 14.4 Å². The molecule has 5 rings (SSSR count). The van der Waals surface area contributed by atoms with Gasteiger partial charge in [-0.3, -0.25) is 9.69 Å². The largest absolute Gasteiger partial charge is 0.444 e. The van der Waals surface area contributed by atoms with Crippen molar-refractivity contribution in [2.75, 3.05) is 32.2 Å². The van der Waals surface area contributed by atoms with E-state index in [1.54, 1.807) is 53.6 Å². The minimum atomic E-state index is -0.841. The maximum Gasteiger partial charge on any atom is 0.415 e. The Balaban J connectivity index is 1.60. The van der Waals surface area contributed by atoms with Crippen molar-refractivity contribution in [2.24, 2.45) is 5.73 Å². The molecule has 0 unspecified atom stereocenters. The Bertz CT molecular complexity index is 1820. The molecule has 0 radical (unpaired) electrons. The zero-order valence-electron chi connectivity index (χ0n) is 29.0. The highest BCUT2D eigenvalue weighted by atomic mass is 35.5. The van der Waals surface area contributed by atoms with Gasteiger partial charge in [0, 0.05) is 32.3 Å². The lowest BCUT2D eigenvalue weighted by atomic mass is 10.1. The summed E-state index contributed by atoms with van der Waals surface area (Å²) in [6, 6.07) is 3.23. The maximum absolute atomic E-state index is 13.4. The van der Waals surface area contributed by atoms with E-state index in [1.165, 1.54) is 16.6 Å². The first kappa shape index (κ1) is 35.0. The van der Waals surface area contributed by atoms with E-state index in [-0.39, 0.29) is 36.3 Å². The number of nitrogens with two attached hydrogens (primary N) is 1. The average molecular weight is 682 g/mol. The van der Waals surface area contributed by atoms with Crippen LogP contribution >= 0.6 is 11.6 Å². The van der Waals surface area contributed by atoms with Crippen LogP contribution < -0.4 is 10.6 Å². The van der Waals surface area contributed by atoms with Crippen LogP contribution in [0.25, 0.3) is 11.0 Å². The van der Waals surface area contributed by atoms with Gasteiger partial charge in [-0.25, -0.2) is 19.3 Å². The van der Waals surface area contributed by atoms with Gasteiger partial charge in [0.25, 0.3) is 5.91 Å². The van der Waals surface area contributed by atoms with Crippen LogP contribution in [0.1, 0.15) is 100 Å². The minimum Gasteiger partial charge on any atom is -0.444 e. The van der Waals surface area contributed by atoms with Gasteiger partial charge in [-0.2, -0.15) is 5.10 Å². The highest BCUT2D eigenvalue weighted by Crippen LogP contribution is 2.40. The normalized spacial score (nSPS) is 18.1. The number of hydrogen-bond donors (Lipinski definition) is 1. The van der Waals surface area contributed by atoms with Gasteiger partial charge >= 0.3 is 12.2 Å². The van der Waals surface area contributed by atoms with Crippen LogP contribution in [-0.2, 0) is 14.2 Å². The van der Waals surface area contributed by atoms with Crippen molar-refractivity contribution in [3.05, 3.63) is 39.8 Å². The zero-order chi connectivity index (χ0) is 35.3. The number of benzene rings is 1. The molecule has 1 aliphatic carbocycles. The Labute approximate surface area is 285 Å². The first-order valence-electron chi connectivity index (χ1n) is 16.0. The van der Waals surface area contributed by atoms with E-state index >= 15 is 0 Å². The number of fused-ring (bicyclic) bond motifs is 1. The lowest BCUT2D eigenvalue weighted by Gasteiger charge is -2.28. The number of ether oxygens (including phenoxy) is 3. The molecule has 1 saturated heterocycles. The maximum atomic E-state index is 13.4. The van der Waals surface area contributed by atoms with Gasteiger partial charge in [-0.05, 0) is 85.8 Å². The Morgan fingerprint density at radius 2 is 1.73 bits per heavy atom. The Morgan fingerprint density at radius 1 is 1.06 bits per heavy atom. The van der Waals surface area contributed by atoms with Crippen molar-refractivity contribution in [1.82, 2.24) is 24.2 Å². The molecule has 2 atom stereocenters. The number of hydrogen-bond acceptors (Lipinski definition) is 8. The van der Waals surface area contributed by atoms with E-state index in [0.717, 1.165) is 29.7 Å². The van der Waals surface area contributed by atoms with E-state index in [4.69, 9.17) is 41.6 Å². The third-order valence-electron chi connectivity index (χ3n) is 8.02. The van der Waals surface area contributed by atoms with Crippen molar-refractivity contribution in [3.8, 4) is 11.8 Å². The number of carbonyl (C=O) groups excluding carboxylic acids is 3. The molecule has 1 aliphatic heterocycles. The van der Waals surface area contributed by atoms with E-state index < -0.39 is 35.3 Å². The molecule has 14 heteroatoms. The fourth-order valence-corrected chi connectivity index (χ4v) is 6.15. The summed E-state index contributed by atoms with van der Waals surface area (Å²) in [5.41, 5.74) is 6.58. The quantitative estimate of drug-likeness (QED) is 0.331.